The molecule has 0 bridgehead atoms. The van der Waals surface area contributed by atoms with Crippen molar-refractivity contribution in [2.45, 2.75) is 26.1 Å². The molecule has 2 heterocycles. The molecule has 1 N–H and O–H groups in total. The van der Waals surface area contributed by atoms with E-state index in [1.165, 1.54) is 12.1 Å². The van der Waals surface area contributed by atoms with Crippen molar-refractivity contribution in [2.75, 3.05) is 20.2 Å². The smallest absolute Gasteiger partial charge is 0.371 e. The van der Waals surface area contributed by atoms with Gasteiger partial charge in [0.05, 0.1) is 17.0 Å². The Morgan fingerprint density at radius 2 is 1.89 bits per heavy atom. The van der Waals surface area contributed by atoms with Gasteiger partial charge in [-0.3, -0.25) is 0 Å². The van der Waals surface area contributed by atoms with Crippen LogP contribution in [-0.2, 0) is 10.9 Å². The highest BCUT2D eigenvalue weighted by Gasteiger charge is 2.30. The van der Waals surface area contributed by atoms with E-state index in [2.05, 4.69) is 15.4 Å². The Morgan fingerprint density at radius 1 is 1.19 bits per heavy atom. The molecule has 0 aliphatic rings. The molecule has 3 rings (SSSR count). The van der Waals surface area contributed by atoms with E-state index in [4.69, 9.17) is 4.74 Å². The van der Waals surface area contributed by atoms with Crippen molar-refractivity contribution in [2.24, 2.45) is 0 Å². The van der Waals surface area contributed by atoms with E-state index < -0.39 is 11.7 Å². The number of aromatic nitrogens is 3. The molecule has 0 unspecified atom stereocenters. The Kier molecular flexibility index (Phi) is 5.48. The first-order valence-electron chi connectivity index (χ1n) is 8.64. The number of hydrogen-bond donors (Lipinski definition) is 1. The number of fused-ring (bicyclic) bond motifs is 1. The van der Waals surface area contributed by atoms with Crippen LogP contribution in [0, 0.1) is 6.92 Å². The van der Waals surface area contributed by atoms with Gasteiger partial charge in [-0.15, -0.1) is 0 Å². The van der Waals surface area contributed by atoms with Crippen molar-refractivity contribution < 1.29 is 17.9 Å². The van der Waals surface area contributed by atoms with Gasteiger partial charge in [-0.25, -0.2) is 9.50 Å². The van der Waals surface area contributed by atoms with E-state index in [0.717, 1.165) is 23.5 Å². The fourth-order valence-electron chi connectivity index (χ4n) is 2.96. The van der Waals surface area contributed by atoms with Crippen LogP contribution in [0.3, 0.4) is 0 Å². The highest BCUT2D eigenvalue weighted by Crippen LogP contribution is 2.31. The summed E-state index contributed by atoms with van der Waals surface area (Å²) in [6, 6.07) is 8.64. The number of likely N-dealkylation sites (N-methyl/N-ethyl adjacent to an activating group) is 1. The second kappa shape index (κ2) is 7.66. The van der Waals surface area contributed by atoms with E-state index in [9.17, 15) is 13.2 Å². The summed E-state index contributed by atoms with van der Waals surface area (Å²) in [7, 11) is 1.84. The molecule has 27 heavy (non-hydrogen) atoms. The van der Waals surface area contributed by atoms with Gasteiger partial charge in [0.2, 0.25) is 0 Å². The quantitative estimate of drug-likeness (QED) is 0.704. The van der Waals surface area contributed by atoms with Crippen LogP contribution in [0.1, 0.15) is 30.0 Å². The lowest BCUT2D eigenvalue weighted by atomic mass is 10.1. The zero-order valence-corrected chi connectivity index (χ0v) is 15.3. The first-order chi connectivity index (χ1) is 12.8. The third kappa shape index (κ3) is 4.12. The molecule has 0 aliphatic heterocycles. The second-order valence-corrected chi connectivity index (χ2v) is 6.20. The van der Waals surface area contributed by atoms with Gasteiger partial charge in [0.25, 0.3) is 0 Å². The Bertz CT molecular complexity index is 913. The molecule has 1 atom stereocenters. The Hall–Kier alpha value is -2.45. The van der Waals surface area contributed by atoms with E-state index in [1.54, 1.807) is 10.6 Å². The molecule has 0 aliphatic carbocycles. The van der Waals surface area contributed by atoms with Gasteiger partial charge in [-0.05, 0) is 39.1 Å². The third-order valence-corrected chi connectivity index (χ3v) is 4.18. The van der Waals surface area contributed by atoms with E-state index in [-0.39, 0.29) is 6.10 Å². The summed E-state index contributed by atoms with van der Waals surface area (Å²) in [4.78, 5) is 4.49. The van der Waals surface area contributed by atoms with Crippen molar-refractivity contribution >= 4 is 5.65 Å². The van der Waals surface area contributed by atoms with Gasteiger partial charge in [0.15, 0.2) is 5.65 Å². The van der Waals surface area contributed by atoms with Gasteiger partial charge < -0.3 is 10.1 Å². The van der Waals surface area contributed by atoms with Crippen molar-refractivity contribution in [3.63, 3.8) is 0 Å². The minimum Gasteiger partial charge on any atom is -0.371 e. The molecular weight excluding hydrogens is 357 g/mol. The van der Waals surface area contributed by atoms with Crippen LogP contribution in [0.2, 0.25) is 0 Å². The molecule has 0 radical (unpaired) electrons. The van der Waals surface area contributed by atoms with Crippen LogP contribution >= 0.6 is 0 Å². The molecule has 0 fully saturated rings. The van der Waals surface area contributed by atoms with Gasteiger partial charge in [-0.2, -0.15) is 18.3 Å². The van der Waals surface area contributed by atoms with Crippen LogP contribution in [0.5, 0.6) is 0 Å². The van der Waals surface area contributed by atoms with Crippen molar-refractivity contribution in [3.05, 3.63) is 53.3 Å². The first kappa shape index (κ1) is 19.3. The van der Waals surface area contributed by atoms with Crippen LogP contribution in [0.25, 0.3) is 16.9 Å². The average molecular weight is 378 g/mol. The summed E-state index contributed by atoms with van der Waals surface area (Å²) in [5, 5.41) is 7.67. The Balaban J connectivity index is 2.05. The molecule has 0 amide bonds. The number of benzene rings is 1. The van der Waals surface area contributed by atoms with E-state index >= 15 is 0 Å². The minimum atomic E-state index is -4.36. The second-order valence-electron chi connectivity index (χ2n) is 6.20. The maximum Gasteiger partial charge on any atom is 0.416 e. The normalized spacial score (nSPS) is 13.3. The number of alkyl halides is 3. The number of aryl methyl sites for hydroxylation is 1. The van der Waals surface area contributed by atoms with Crippen molar-refractivity contribution in [1.29, 1.82) is 0 Å². The number of ether oxygens (including phenoxy) is 1. The zero-order chi connectivity index (χ0) is 19.6. The minimum absolute atomic E-state index is 0.218. The molecule has 5 nitrogen and oxygen atoms in total. The Labute approximate surface area is 155 Å². The van der Waals surface area contributed by atoms with Crippen LogP contribution in [0.4, 0.5) is 13.2 Å². The number of hydrogen-bond acceptors (Lipinski definition) is 4. The molecule has 1 aromatic carbocycles. The molecule has 3 aromatic rings. The largest absolute Gasteiger partial charge is 0.416 e. The summed E-state index contributed by atoms with van der Waals surface area (Å²) in [5.41, 5.74) is 2.75. The topological polar surface area (TPSA) is 51.5 Å². The van der Waals surface area contributed by atoms with E-state index in [0.29, 0.717) is 30.1 Å². The van der Waals surface area contributed by atoms with Gasteiger partial charge >= 0.3 is 6.18 Å². The molecule has 8 heteroatoms. The average Bonchev–Trinajstić information content (AvgIpc) is 3.04. The van der Waals surface area contributed by atoms with Gasteiger partial charge in [-0.1, -0.05) is 12.1 Å². The lowest BCUT2D eigenvalue weighted by Crippen LogP contribution is -2.22. The number of nitrogens with one attached hydrogen (secondary N) is 1. The fourth-order valence-corrected chi connectivity index (χ4v) is 2.96. The standard InChI is InChI=1S/C19H21F3N4O/c1-4-27-17(11-23-3)16-9-12(2)24-18-10-15(25-26(16)18)13-5-7-14(8-6-13)19(20,21)22/h5-10,17,23H,4,11H2,1-3H3/t17-/m1/s1. The molecule has 0 spiro atoms. The summed E-state index contributed by atoms with van der Waals surface area (Å²) in [6.45, 7) is 4.95. The number of nitrogens with zero attached hydrogens (tertiary/aromatic N) is 3. The van der Waals surface area contributed by atoms with Crippen LogP contribution < -0.4 is 5.32 Å². The lowest BCUT2D eigenvalue weighted by molar-refractivity contribution is -0.137. The summed E-state index contributed by atoms with van der Waals surface area (Å²) in [6.07, 6.45) is -4.58. The predicted octanol–water partition coefficient (Wildman–Crippen LogP) is 4.02. The van der Waals surface area contributed by atoms with Crippen molar-refractivity contribution in [1.82, 2.24) is 19.9 Å². The lowest BCUT2D eigenvalue weighted by Gasteiger charge is -2.18. The molecular formula is C19H21F3N4O. The monoisotopic (exact) mass is 378 g/mol. The SMILES string of the molecule is CCO[C@H](CNC)c1cc(C)nc2cc(-c3ccc(C(F)(F)F)cc3)nn12. The maximum absolute atomic E-state index is 12.8. The molecule has 0 saturated carbocycles. The predicted molar refractivity (Wildman–Crippen MR) is 96.5 cm³/mol. The maximum atomic E-state index is 12.8. The summed E-state index contributed by atoms with van der Waals surface area (Å²) < 4.78 is 45.8. The number of halogens is 3. The third-order valence-electron chi connectivity index (χ3n) is 4.18. The highest BCUT2D eigenvalue weighted by molar-refractivity contribution is 5.64. The first-order valence-corrected chi connectivity index (χ1v) is 8.64. The van der Waals surface area contributed by atoms with Gasteiger partial charge in [0.1, 0.15) is 6.10 Å². The molecule has 0 saturated heterocycles. The van der Waals surface area contributed by atoms with E-state index in [1.807, 2.05) is 27.0 Å². The molecule has 2 aromatic heterocycles. The van der Waals surface area contributed by atoms with Gasteiger partial charge in [0, 0.05) is 30.5 Å². The van der Waals surface area contributed by atoms with Crippen molar-refractivity contribution in [3.8, 4) is 11.3 Å². The zero-order valence-electron chi connectivity index (χ0n) is 15.3. The number of rotatable bonds is 6. The molecule has 144 valence electrons. The summed E-state index contributed by atoms with van der Waals surface area (Å²) >= 11 is 0. The highest BCUT2D eigenvalue weighted by atomic mass is 19.4. The fraction of sp³-hybridized carbons (Fsp3) is 0.368. The summed E-state index contributed by atoms with van der Waals surface area (Å²) in [5.74, 6) is 0. The van der Waals surface area contributed by atoms with Crippen LogP contribution in [-0.4, -0.2) is 34.8 Å². The van der Waals surface area contributed by atoms with Crippen LogP contribution in [0.15, 0.2) is 36.4 Å². The Morgan fingerprint density at radius 3 is 2.48 bits per heavy atom.